The highest BCUT2D eigenvalue weighted by Gasteiger charge is 2.21. The lowest BCUT2D eigenvalue weighted by Crippen LogP contribution is -2.32. The predicted octanol–water partition coefficient (Wildman–Crippen LogP) is 3.56. The summed E-state index contributed by atoms with van der Waals surface area (Å²) in [6.45, 7) is 3.94. The normalized spacial score (nSPS) is 11.9. The standard InChI is InChI=1S/C13H17ClN2O3/c1-3-4-5-9(2)15-13(17)11-8-10(14)6-7-12(11)16(18)19/h6-9H,3-5H2,1-2H3,(H,15,17). The monoisotopic (exact) mass is 284 g/mol. The van der Waals surface area contributed by atoms with Crippen molar-refractivity contribution in [3.8, 4) is 0 Å². The number of rotatable bonds is 6. The molecule has 0 heterocycles. The fourth-order valence-corrected chi connectivity index (χ4v) is 1.91. The van der Waals surface area contributed by atoms with Crippen molar-refractivity contribution in [2.24, 2.45) is 0 Å². The average molecular weight is 285 g/mol. The molecule has 0 fully saturated rings. The zero-order valence-corrected chi connectivity index (χ0v) is 11.7. The molecule has 0 saturated heterocycles. The number of hydrogen-bond donors (Lipinski definition) is 1. The Balaban J connectivity index is 2.86. The molecule has 0 bridgehead atoms. The number of nitrogens with one attached hydrogen (secondary N) is 1. The smallest absolute Gasteiger partial charge is 0.282 e. The van der Waals surface area contributed by atoms with Crippen LogP contribution in [0.3, 0.4) is 0 Å². The molecule has 0 spiro atoms. The number of carbonyl (C=O) groups excluding carboxylic acids is 1. The molecule has 0 aliphatic heterocycles. The molecule has 5 nitrogen and oxygen atoms in total. The van der Waals surface area contributed by atoms with Crippen LogP contribution < -0.4 is 5.32 Å². The van der Waals surface area contributed by atoms with Crippen molar-refractivity contribution >= 4 is 23.2 Å². The predicted molar refractivity (Wildman–Crippen MR) is 74.6 cm³/mol. The molecule has 1 aromatic carbocycles. The van der Waals surface area contributed by atoms with Crippen LogP contribution in [0.5, 0.6) is 0 Å². The van der Waals surface area contributed by atoms with Crippen LogP contribution in [-0.4, -0.2) is 16.9 Å². The van der Waals surface area contributed by atoms with Crippen LogP contribution in [-0.2, 0) is 0 Å². The summed E-state index contributed by atoms with van der Waals surface area (Å²) in [5.41, 5.74) is -0.231. The van der Waals surface area contributed by atoms with E-state index in [9.17, 15) is 14.9 Å². The largest absolute Gasteiger partial charge is 0.349 e. The van der Waals surface area contributed by atoms with Gasteiger partial charge in [-0.2, -0.15) is 0 Å². The molecule has 1 N–H and O–H groups in total. The molecule has 1 rings (SSSR count). The van der Waals surface area contributed by atoms with Crippen molar-refractivity contribution in [2.45, 2.75) is 39.2 Å². The van der Waals surface area contributed by atoms with Gasteiger partial charge in [0.2, 0.25) is 0 Å². The Kier molecular flexibility index (Phi) is 5.76. The fraction of sp³-hybridized carbons (Fsp3) is 0.462. The summed E-state index contributed by atoms with van der Waals surface area (Å²) in [6, 6.07) is 3.94. The van der Waals surface area contributed by atoms with Gasteiger partial charge in [0.1, 0.15) is 5.56 Å². The Hall–Kier alpha value is -1.62. The first-order valence-electron chi connectivity index (χ1n) is 6.20. The lowest BCUT2D eigenvalue weighted by atomic mass is 10.1. The minimum Gasteiger partial charge on any atom is -0.349 e. The Morgan fingerprint density at radius 3 is 2.79 bits per heavy atom. The highest BCUT2D eigenvalue weighted by atomic mass is 35.5. The molecule has 1 unspecified atom stereocenters. The molecule has 0 aromatic heterocycles. The van der Waals surface area contributed by atoms with Crippen LogP contribution in [0.25, 0.3) is 0 Å². The number of amides is 1. The van der Waals surface area contributed by atoms with Gasteiger partial charge in [-0.05, 0) is 25.5 Å². The van der Waals surface area contributed by atoms with E-state index in [4.69, 9.17) is 11.6 Å². The summed E-state index contributed by atoms with van der Waals surface area (Å²) in [5.74, 6) is -0.460. The third-order valence-electron chi connectivity index (χ3n) is 2.77. The second-order valence-corrected chi connectivity index (χ2v) is 4.87. The SMILES string of the molecule is CCCCC(C)NC(=O)c1cc(Cl)ccc1[N+](=O)[O-]. The zero-order chi connectivity index (χ0) is 14.4. The van der Waals surface area contributed by atoms with Gasteiger partial charge in [-0.3, -0.25) is 14.9 Å². The van der Waals surface area contributed by atoms with Crippen LogP contribution in [0.4, 0.5) is 5.69 Å². The molecule has 19 heavy (non-hydrogen) atoms. The lowest BCUT2D eigenvalue weighted by molar-refractivity contribution is -0.385. The van der Waals surface area contributed by atoms with Crippen LogP contribution in [0.1, 0.15) is 43.5 Å². The quantitative estimate of drug-likeness (QED) is 0.641. The minimum absolute atomic E-state index is 0.000786. The van der Waals surface area contributed by atoms with Gasteiger partial charge >= 0.3 is 0 Å². The molecule has 1 atom stereocenters. The van der Waals surface area contributed by atoms with E-state index in [2.05, 4.69) is 12.2 Å². The third-order valence-corrected chi connectivity index (χ3v) is 3.00. The van der Waals surface area contributed by atoms with Gasteiger partial charge in [0.05, 0.1) is 4.92 Å². The van der Waals surface area contributed by atoms with Gasteiger partial charge in [0.15, 0.2) is 0 Å². The molecular weight excluding hydrogens is 268 g/mol. The summed E-state index contributed by atoms with van der Waals surface area (Å²) in [6.07, 6.45) is 2.88. The van der Waals surface area contributed by atoms with Gasteiger partial charge in [-0.1, -0.05) is 31.4 Å². The van der Waals surface area contributed by atoms with E-state index in [1.165, 1.54) is 18.2 Å². The first-order valence-corrected chi connectivity index (χ1v) is 6.58. The van der Waals surface area contributed by atoms with E-state index in [0.29, 0.717) is 5.02 Å². The molecule has 1 amide bonds. The van der Waals surface area contributed by atoms with E-state index in [1.54, 1.807) is 0 Å². The maximum atomic E-state index is 12.0. The number of nitro groups is 1. The third kappa shape index (κ3) is 4.52. The maximum Gasteiger partial charge on any atom is 0.282 e. The van der Waals surface area contributed by atoms with E-state index in [0.717, 1.165) is 19.3 Å². The van der Waals surface area contributed by atoms with Crippen molar-refractivity contribution < 1.29 is 9.72 Å². The second-order valence-electron chi connectivity index (χ2n) is 4.44. The van der Waals surface area contributed by atoms with Crippen LogP contribution in [0, 0.1) is 10.1 Å². The van der Waals surface area contributed by atoms with E-state index < -0.39 is 10.8 Å². The number of unbranched alkanes of at least 4 members (excludes halogenated alkanes) is 1. The molecule has 0 radical (unpaired) electrons. The topological polar surface area (TPSA) is 72.2 Å². The second kappa shape index (κ2) is 7.09. The summed E-state index contributed by atoms with van der Waals surface area (Å²) < 4.78 is 0. The number of nitro benzene ring substituents is 1. The van der Waals surface area contributed by atoms with Crippen LogP contribution in [0.15, 0.2) is 18.2 Å². The van der Waals surface area contributed by atoms with E-state index >= 15 is 0 Å². The molecule has 0 aliphatic rings. The van der Waals surface area contributed by atoms with Crippen molar-refractivity contribution in [3.05, 3.63) is 38.9 Å². The van der Waals surface area contributed by atoms with Crippen molar-refractivity contribution in [2.75, 3.05) is 0 Å². The number of nitrogens with zero attached hydrogens (tertiary/aromatic N) is 1. The zero-order valence-electron chi connectivity index (χ0n) is 11.0. The van der Waals surface area contributed by atoms with Gasteiger partial charge in [0.25, 0.3) is 11.6 Å². The highest BCUT2D eigenvalue weighted by Crippen LogP contribution is 2.22. The van der Waals surface area contributed by atoms with Crippen molar-refractivity contribution in [1.82, 2.24) is 5.32 Å². The molecule has 0 aliphatic carbocycles. The summed E-state index contributed by atoms with van der Waals surface area (Å²) in [5, 5.41) is 13.9. The Morgan fingerprint density at radius 1 is 1.53 bits per heavy atom. The number of halogens is 1. The fourth-order valence-electron chi connectivity index (χ4n) is 1.73. The number of benzene rings is 1. The Morgan fingerprint density at radius 2 is 2.21 bits per heavy atom. The summed E-state index contributed by atoms with van der Waals surface area (Å²) in [7, 11) is 0. The Bertz CT molecular complexity index is 477. The molecule has 1 aromatic rings. The lowest BCUT2D eigenvalue weighted by Gasteiger charge is -2.13. The van der Waals surface area contributed by atoms with E-state index in [-0.39, 0.29) is 17.3 Å². The van der Waals surface area contributed by atoms with Gasteiger partial charge in [-0.25, -0.2) is 0 Å². The summed E-state index contributed by atoms with van der Waals surface area (Å²) >= 11 is 5.78. The first kappa shape index (κ1) is 15.4. The van der Waals surface area contributed by atoms with E-state index in [1.807, 2.05) is 6.92 Å². The average Bonchev–Trinajstić information content (AvgIpc) is 2.35. The number of hydrogen-bond acceptors (Lipinski definition) is 3. The number of carbonyl (C=O) groups is 1. The maximum absolute atomic E-state index is 12.0. The van der Waals surface area contributed by atoms with Crippen molar-refractivity contribution in [3.63, 3.8) is 0 Å². The van der Waals surface area contributed by atoms with Crippen LogP contribution in [0.2, 0.25) is 5.02 Å². The Labute approximate surface area is 117 Å². The van der Waals surface area contributed by atoms with Crippen molar-refractivity contribution in [1.29, 1.82) is 0 Å². The first-order chi connectivity index (χ1) is 8.95. The molecule has 0 saturated carbocycles. The van der Waals surface area contributed by atoms with Gasteiger partial charge < -0.3 is 5.32 Å². The van der Waals surface area contributed by atoms with Gasteiger partial charge in [0, 0.05) is 17.1 Å². The molecule has 104 valence electrons. The van der Waals surface area contributed by atoms with Gasteiger partial charge in [-0.15, -0.1) is 0 Å². The molecular formula is C13H17ClN2O3. The summed E-state index contributed by atoms with van der Waals surface area (Å²) in [4.78, 5) is 22.3. The van der Waals surface area contributed by atoms with Crippen LogP contribution >= 0.6 is 11.6 Å². The highest BCUT2D eigenvalue weighted by molar-refractivity contribution is 6.31. The molecule has 6 heteroatoms. The minimum atomic E-state index is -0.581.